The van der Waals surface area contributed by atoms with Crippen molar-refractivity contribution in [2.75, 3.05) is 72.1 Å². The molecule has 150 heavy (non-hydrogen) atoms. The lowest BCUT2D eigenvalue weighted by atomic mass is 9.70. The summed E-state index contributed by atoms with van der Waals surface area (Å²) in [5.74, 6) is 3.41. The number of carboxylic acid groups (broad SMARTS) is 2. The Morgan fingerprint density at radius 1 is 0.447 bits per heavy atom. The Morgan fingerprint density at radius 2 is 0.720 bits per heavy atom. The molecule has 8 aliphatic rings. The monoisotopic (exact) mass is 2250 g/mol. The summed E-state index contributed by atoms with van der Waals surface area (Å²) in [5.41, 5.74) is 21.7. The molecule has 0 unspecified atom stereocenters. The van der Waals surface area contributed by atoms with Crippen molar-refractivity contribution in [3.63, 3.8) is 0 Å². The number of amides is 1. The number of H-pyrrole nitrogens is 2. The third kappa shape index (κ3) is 69.1. The Hall–Kier alpha value is -6.08. The van der Waals surface area contributed by atoms with Crippen molar-refractivity contribution in [2.45, 2.75) is 378 Å². The number of hydrogen-bond acceptors (Lipinski definition) is 36. The second-order valence-corrected chi connectivity index (χ2v) is 43.7. The number of hydrogen-bond donors (Lipinski definition) is 24. The Bertz CT molecular complexity index is 4150. The number of nitrogens with zero attached hydrogens (tertiary/aromatic N) is 9. The Labute approximate surface area is 923 Å². The smallest absolute Gasteiger partial charge is 0.438 e. The van der Waals surface area contributed by atoms with Crippen molar-refractivity contribution in [3.8, 4) is 0 Å². The zero-order chi connectivity index (χ0) is 110. The van der Waals surface area contributed by atoms with Crippen LogP contribution in [0, 0.1) is 61.7 Å². The van der Waals surface area contributed by atoms with Crippen LogP contribution in [-0.2, 0) is 41.7 Å². The molecule has 0 aromatic carbocycles. The van der Waals surface area contributed by atoms with Crippen LogP contribution >= 0.6 is 71.2 Å². The molecule has 0 radical (unpaired) electrons. The Kier molecular flexibility index (Phi) is 82.2. The third-order valence-electron chi connectivity index (χ3n) is 28.0. The minimum absolute atomic E-state index is 0. The molecule has 29 N–H and O–H groups in total. The molecule has 0 spiro atoms. The Balaban J connectivity index is -0.00000161. The molecule has 0 atom stereocenters. The molecule has 8 saturated carbocycles. The number of nitrogens with one attached hydrogen (secondary N) is 8. The van der Waals surface area contributed by atoms with Crippen LogP contribution in [0.5, 0.6) is 0 Å². The van der Waals surface area contributed by atoms with Crippen LogP contribution in [0.2, 0.25) is 56.8 Å². The number of aromatic amines is 2. The van der Waals surface area contributed by atoms with E-state index in [0.29, 0.717) is 107 Å². The number of rotatable bonds is 41. The highest BCUT2D eigenvalue weighted by Gasteiger charge is 2.42. The lowest BCUT2D eigenvalue weighted by Gasteiger charge is -2.37. The topological polar surface area (TPSA) is 719 Å². The van der Waals surface area contributed by atoms with Crippen LogP contribution in [0.3, 0.4) is 0 Å². The number of carboxylic acids is 2. The van der Waals surface area contributed by atoms with Crippen molar-refractivity contribution in [1.29, 1.82) is 0 Å². The fraction of sp³-hybridized carbons (Fsp3) is 0.840. The van der Waals surface area contributed by atoms with Crippen LogP contribution in [0.4, 0.5) is 4.79 Å². The average molecular weight is 2250 g/mol. The van der Waals surface area contributed by atoms with E-state index in [9.17, 15) is 64.1 Å². The summed E-state index contributed by atoms with van der Waals surface area (Å²) in [6.07, 6.45) is 50.2. The van der Waals surface area contributed by atoms with Crippen LogP contribution in [-0.4, -0.2) is 247 Å². The van der Waals surface area contributed by atoms with Crippen molar-refractivity contribution >= 4 is 155 Å². The normalized spacial score (nSPS) is 18.1. The molecule has 0 bridgehead atoms. The fourth-order valence-electron chi connectivity index (χ4n) is 20.2. The predicted octanol–water partition coefficient (Wildman–Crippen LogP) is 13.8. The van der Waals surface area contributed by atoms with E-state index in [1.165, 1.54) is 103 Å². The number of primary amides is 1. The second kappa shape index (κ2) is 83.3. The van der Waals surface area contributed by atoms with Crippen LogP contribution in [0.15, 0.2) is 33.9 Å². The van der Waals surface area contributed by atoms with Gasteiger partial charge >= 0.3 is 71.2 Å². The van der Waals surface area contributed by atoms with Crippen molar-refractivity contribution in [2.24, 2.45) is 99.3 Å². The maximum atomic E-state index is 11.0. The molecule has 0 aliphatic heterocycles. The van der Waals surface area contributed by atoms with Gasteiger partial charge in [-0.1, -0.05) is 210 Å². The first-order valence-corrected chi connectivity index (χ1v) is 54.0. The van der Waals surface area contributed by atoms with Gasteiger partial charge in [-0.25, -0.2) is 26.9 Å². The number of aliphatic imine (C=N–C) groups is 1. The quantitative estimate of drug-likeness (QED) is 0.00289. The number of carbonyl (C=O) groups excluding carboxylic acids is 2. The summed E-state index contributed by atoms with van der Waals surface area (Å²) >= 11 is 20.8. The lowest BCUT2D eigenvalue weighted by molar-refractivity contribution is -0.223. The van der Waals surface area contributed by atoms with Crippen molar-refractivity contribution < 1.29 is 98.7 Å². The van der Waals surface area contributed by atoms with E-state index < -0.39 is 71.2 Å². The molecule has 44 nitrogen and oxygen atoms in total. The van der Waals surface area contributed by atoms with Crippen molar-refractivity contribution in [1.82, 2.24) is 66.6 Å². The average Bonchev–Trinajstić information content (AvgIpc) is 1.33. The summed E-state index contributed by atoms with van der Waals surface area (Å²) < 4.78 is 13.5. The minimum atomic E-state index is -0.732. The van der Waals surface area contributed by atoms with E-state index >= 15 is 0 Å². The number of carbonyl (C=O) groups is 4. The summed E-state index contributed by atoms with van der Waals surface area (Å²) in [5, 5.41) is 130. The first-order chi connectivity index (χ1) is 69.6. The lowest BCUT2D eigenvalue weighted by Crippen LogP contribution is -2.44. The molecule has 8 fully saturated rings. The molecule has 0 saturated heterocycles. The maximum absolute atomic E-state index is 11.0. The summed E-state index contributed by atoms with van der Waals surface area (Å²) in [6.45, 7) is 32.0. The summed E-state index contributed by atoms with van der Waals surface area (Å²) in [4.78, 5) is 97.1. The highest BCUT2D eigenvalue weighted by atomic mass is 35.5. The van der Waals surface area contributed by atoms with Gasteiger partial charge < -0.3 is 125 Å². The van der Waals surface area contributed by atoms with E-state index in [1.807, 2.05) is 27.7 Å². The Morgan fingerprint density at radius 3 is 0.987 bits per heavy atom. The highest BCUT2D eigenvalue weighted by Crippen LogP contribution is 2.45. The highest BCUT2D eigenvalue weighted by molar-refractivity contribution is 6.61. The largest absolute Gasteiger partial charge is 0.481 e. The maximum Gasteiger partial charge on any atom is 0.438 e. The molecular weight excluding hydrogens is 2070 g/mol. The standard InChI is InChI=1S/C15H30BN3O4.C11H20BN3O3.C10H22BN3O2.C10H21BN2O2.C10H19BN2O.C10H20BNO3.C10H17N3O2.C9H17NO2.C5H9ClO2.C3Cl3N3.CH4.2ClH.H3NO/c1-13(2)10-22-23-12-17-14(19-21)9-15(11-18-16(3)20)7-5-4-6-8-15;1-12(17)13-8-11(5-3-2-4-6-11)7-9-14-10(16)18-15-9;1-11(15)13-8-10(7-9(12)14-16)5-3-2-4-6-10;1-11(15)13-8-10(7-9(12)14)5-3-2-4-6-10;1-11(14)13-9-10(8-12-2)6-4-3-5-7-10;1-11(15)12-8-10(7-9(13)14)5-3-2-4-6-10;11-7-10(4-2-1-3-5-10)6-8-12-9(14)15-13-8;10-7-9(6-8(11)12)4-2-1-3-5-9;1-4(2)3-8-5(6)7;4-1-7-2(5)9-3(6)8-1;;;;1-2/h12-13,18,20-21H,4-11H2,1-3H3;13,17H,2-8H2,1H3,(H,14,15,16);13,15-16H,2-8H2,1H3,(H2,12,14);13,15H,2-8H2,1H3,(H2,12,14);13-14H,3-9H2,1H3;12,15H,2-8H2,1H3,(H,13,14);1-7,11H2,(H,12,13,14);1-7,10H2,(H,11,12);4H,3H2,1-2H3;;1H4;2*1H;2H,1H2. The van der Waals surface area contributed by atoms with Gasteiger partial charge in [-0.15, -0.1) is 24.8 Å². The number of aliphatic carboxylic acids is 2. The SMILES string of the molecule is C.CB(O)NCC1(CC(=O)O)CCCCC1.CB(O)NCC1(CC(N)=NO)CCCCC1.CB(O)NCC1(CC(N)=O)CCCCC1.CB(O)NCC1(CC(N=COOCC(C)C)=NO)CCCCC1.CB(O)NCC1(Cc2noc(=O)[nH]2)CCCCC1.CC(C)COC(=O)Cl.Cl.Cl.Clc1nc(Cl)nc(Cl)n1.NCC1(CC(=O)O)CCCCC1.NCC1(Cc2noc(=O)[nH]2)CCCCC1.NO.[C-]#[N+]CC1(CNB(C)O)CCCCC1. The zero-order valence-corrected chi connectivity index (χ0v) is 94.5. The van der Waals surface area contributed by atoms with Crippen LogP contribution in [0.25, 0.3) is 4.85 Å². The van der Waals surface area contributed by atoms with Crippen molar-refractivity contribution in [3.05, 3.63) is 60.0 Å². The van der Waals surface area contributed by atoms with Gasteiger partial charge in [-0.05, 0) is 281 Å². The van der Waals surface area contributed by atoms with Gasteiger partial charge in [0.05, 0.1) is 31.5 Å². The second-order valence-electron chi connectivity index (χ2n) is 42.3. The minimum Gasteiger partial charge on any atom is -0.481 e. The number of nitrogens with two attached hydrogens (primary N) is 5. The van der Waals surface area contributed by atoms with E-state index in [1.54, 1.807) is 40.9 Å². The van der Waals surface area contributed by atoms with Gasteiger partial charge in [-0.2, -0.15) is 24.8 Å². The molecule has 3 aromatic heterocycles. The molecule has 8 aliphatic carbocycles. The number of oxime groups is 2. The molecule has 3 aromatic rings. The van der Waals surface area contributed by atoms with E-state index in [2.05, 4.69) is 106 Å². The van der Waals surface area contributed by atoms with E-state index in [-0.39, 0.29) is 116 Å². The van der Waals surface area contributed by atoms with Gasteiger partial charge in [0.25, 0.3) is 0 Å². The molecule has 3 heterocycles. The van der Waals surface area contributed by atoms with Crippen LogP contribution < -0.4 is 71.7 Å². The molecular formula is C94H184B6Cl6N22O22. The first kappa shape index (κ1) is 148. The van der Waals surface area contributed by atoms with Gasteiger partial charge in [0.1, 0.15) is 5.84 Å². The van der Waals surface area contributed by atoms with Gasteiger partial charge in [0, 0.05) is 43.7 Å². The zero-order valence-electron chi connectivity index (χ0n) is 89.9. The molecule has 1 amide bonds. The van der Waals surface area contributed by atoms with Gasteiger partial charge in [0.15, 0.2) is 17.5 Å². The molecule has 11 rings (SSSR count). The summed E-state index contributed by atoms with van der Waals surface area (Å²) in [7, 11) is -3.11. The molecule has 56 heteroatoms. The number of aromatic nitrogens is 7. The number of ether oxygens (including phenoxy) is 1. The third-order valence-corrected chi connectivity index (χ3v) is 28.6. The van der Waals surface area contributed by atoms with Crippen LogP contribution in [0.1, 0.15) is 336 Å². The number of halogens is 6. The van der Waals surface area contributed by atoms with E-state index in [0.717, 1.165) is 187 Å². The predicted molar refractivity (Wildman–Crippen MR) is 601 cm³/mol. The summed E-state index contributed by atoms with van der Waals surface area (Å²) in [6, 6.07) is 0. The van der Waals surface area contributed by atoms with Gasteiger partial charge in [0.2, 0.25) is 34.7 Å². The van der Waals surface area contributed by atoms with Gasteiger partial charge in [-0.3, -0.25) is 33.4 Å². The fourth-order valence-corrected chi connectivity index (χ4v) is 20.9. The first-order valence-electron chi connectivity index (χ1n) is 52.5. The molecule has 862 valence electrons. The number of amidine groups is 2. The van der Waals surface area contributed by atoms with E-state index in [4.69, 9.17) is 106 Å².